The Morgan fingerprint density at radius 1 is 1.23 bits per heavy atom. The van der Waals surface area contributed by atoms with Gasteiger partial charge < -0.3 is 0 Å². The molecule has 0 N–H and O–H groups in total. The van der Waals surface area contributed by atoms with Crippen molar-refractivity contribution in [3.63, 3.8) is 0 Å². The second-order valence-electron chi connectivity index (χ2n) is 2.96. The monoisotopic (exact) mass is 169 g/mol. The molecule has 0 saturated heterocycles. The quantitative estimate of drug-likeness (QED) is 0.638. The van der Waals surface area contributed by atoms with Crippen molar-refractivity contribution in [3.05, 3.63) is 48.2 Å². The van der Waals surface area contributed by atoms with E-state index in [0.29, 0.717) is 0 Å². The third-order valence-corrected chi connectivity index (χ3v) is 1.99. The van der Waals surface area contributed by atoms with Gasteiger partial charge in [0.25, 0.3) is 0 Å². The van der Waals surface area contributed by atoms with Crippen molar-refractivity contribution in [1.82, 2.24) is 4.98 Å². The summed E-state index contributed by atoms with van der Waals surface area (Å²) < 4.78 is 0. The van der Waals surface area contributed by atoms with Gasteiger partial charge in [-0.3, -0.25) is 4.98 Å². The van der Waals surface area contributed by atoms with Crippen LogP contribution >= 0.6 is 0 Å². The average molecular weight is 169 g/mol. The molecule has 64 valence electrons. The van der Waals surface area contributed by atoms with Gasteiger partial charge in [0.1, 0.15) is 0 Å². The predicted octanol–water partition coefficient (Wildman–Crippen LogP) is 3.27. The van der Waals surface area contributed by atoms with Gasteiger partial charge in [0.05, 0.1) is 5.52 Å². The fourth-order valence-electron chi connectivity index (χ4n) is 1.38. The van der Waals surface area contributed by atoms with Crippen LogP contribution in [-0.4, -0.2) is 4.98 Å². The van der Waals surface area contributed by atoms with E-state index in [1.165, 1.54) is 10.9 Å². The number of benzene rings is 1. The minimum absolute atomic E-state index is 1.05. The fraction of sp³-hybridized carbons (Fsp3) is 0.0833. The lowest BCUT2D eigenvalue weighted by atomic mass is 10.1. The zero-order valence-corrected chi connectivity index (χ0v) is 7.57. The fourth-order valence-corrected chi connectivity index (χ4v) is 1.38. The van der Waals surface area contributed by atoms with Crippen molar-refractivity contribution >= 4 is 17.0 Å². The first-order valence-corrected chi connectivity index (χ1v) is 4.37. The van der Waals surface area contributed by atoms with Crippen LogP contribution in [0.15, 0.2) is 42.6 Å². The van der Waals surface area contributed by atoms with Gasteiger partial charge in [-0.25, -0.2) is 0 Å². The van der Waals surface area contributed by atoms with Crippen molar-refractivity contribution in [3.8, 4) is 0 Å². The van der Waals surface area contributed by atoms with Crippen LogP contribution in [0, 0.1) is 0 Å². The Kier molecular flexibility index (Phi) is 2.09. The molecule has 1 aromatic carbocycles. The van der Waals surface area contributed by atoms with Crippen LogP contribution in [0.2, 0.25) is 0 Å². The van der Waals surface area contributed by atoms with E-state index >= 15 is 0 Å². The molecule has 0 aliphatic rings. The smallest absolute Gasteiger partial charge is 0.0707 e. The van der Waals surface area contributed by atoms with E-state index in [9.17, 15) is 0 Å². The number of aromatic nitrogens is 1. The van der Waals surface area contributed by atoms with Crippen LogP contribution in [0.25, 0.3) is 17.0 Å². The number of allylic oxidation sites excluding steroid dienone is 1. The first kappa shape index (κ1) is 7.99. The molecule has 1 heterocycles. The summed E-state index contributed by atoms with van der Waals surface area (Å²) in [5.41, 5.74) is 2.26. The molecule has 0 bridgehead atoms. The van der Waals surface area contributed by atoms with E-state index in [2.05, 4.69) is 35.3 Å². The molecule has 0 aliphatic heterocycles. The third kappa shape index (κ3) is 1.59. The maximum atomic E-state index is 4.29. The molecule has 0 fully saturated rings. The molecule has 0 atom stereocenters. The molecule has 2 rings (SSSR count). The number of pyridine rings is 1. The van der Waals surface area contributed by atoms with Crippen LogP contribution < -0.4 is 0 Å². The first-order valence-electron chi connectivity index (χ1n) is 4.37. The zero-order chi connectivity index (χ0) is 9.10. The van der Waals surface area contributed by atoms with Gasteiger partial charge in [-0.1, -0.05) is 30.4 Å². The number of hydrogen-bond acceptors (Lipinski definition) is 1. The predicted molar refractivity (Wildman–Crippen MR) is 56.5 cm³/mol. The summed E-state index contributed by atoms with van der Waals surface area (Å²) in [4.78, 5) is 4.29. The van der Waals surface area contributed by atoms with Crippen molar-refractivity contribution in [2.75, 3.05) is 0 Å². The molecule has 1 heteroatoms. The van der Waals surface area contributed by atoms with E-state index in [1.807, 2.05) is 25.3 Å². The summed E-state index contributed by atoms with van der Waals surface area (Å²) in [6, 6.07) is 10.3. The molecule has 1 nitrogen and oxygen atoms in total. The average Bonchev–Trinajstić information content (AvgIpc) is 2.18. The third-order valence-electron chi connectivity index (χ3n) is 1.99. The normalized spacial score (nSPS) is 11.2. The van der Waals surface area contributed by atoms with Crippen LogP contribution in [-0.2, 0) is 0 Å². The van der Waals surface area contributed by atoms with E-state index in [-0.39, 0.29) is 0 Å². The lowest BCUT2D eigenvalue weighted by Crippen LogP contribution is -1.78. The molecule has 13 heavy (non-hydrogen) atoms. The van der Waals surface area contributed by atoms with Crippen molar-refractivity contribution in [1.29, 1.82) is 0 Å². The Hall–Kier alpha value is -1.63. The van der Waals surface area contributed by atoms with E-state index in [1.54, 1.807) is 0 Å². The highest BCUT2D eigenvalue weighted by atomic mass is 14.6. The first-order chi connectivity index (χ1) is 6.40. The van der Waals surface area contributed by atoms with Crippen LogP contribution in [0.5, 0.6) is 0 Å². The molecule has 0 spiro atoms. The Balaban J connectivity index is 2.62. The second kappa shape index (κ2) is 3.40. The summed E-state index contributed by atoms with van der Waals surface area (Å²) in [7, 11) is 0. The Morgan fingerprint density at radius 2 is 2.15 bits per heavy atom. The second-order valence-corrected chi connectivity index (χ2v) is 2.96. The van der Waals surface area contributed by atoms with Crippen molar-refractivity contribution in [2.45, 2.75) is 6.92 Å². The number of rotatable bonds is 1. The van der Waals surface area contributed by atoms with Gasteiger partial charge in [0, 0.05) is 11.6 Å². The van der Waals surface area contributed by atoms with Gasteiger partial charge in [0.15, 0.2) is 0 Å². The van der Waals surface area contributed by atoms with Crippen LogP contribution in [0.3, 0.4) is 0 Å². The Labute approximate surface area is 77.7 Å². The lowest BCUT2D eigenvalue weighted by molar-refractivity contribution is 1.41. The van der Waals surface area contributed by atoms with Gasteiger partial charge in [0.2, 0.25) is 0 Å². The molecular formula is C12H11N. The highest BCUT2D eigenvalue weighted by Crippen LogP contribution is 2.13. The number of fused-ring (bicyclic) bond motifs is 1. The zero-order valence-electron chi connectivity index (χ0n) is 7.57. The van der Waals surface area contributed by atoms with Gasteiger partial charge in [-0.2, -0.15) is 0 Å². The van der Waals surface area contributed by atoms with Gasteiger partial charge in [-0.15, -0.1) is 0 Å². The molecule has 2 aromatic rings. The number of hydrogen-bond donors (Lipinski definition) is 0. The minimum Gasteiger partial charge on any atom is -0.256 e. The topological polar surface area (TPSA) is 12.9 Å². The van der Waals surface area contributed by atoms with Crippen LogP contribution in [0.4, 0.5) is 0 Å². The number of nitrogens with zero attached hydrogens (tertiary/aromatic N) is 1. The Bertz CT molecular complexity index is 444. The van der Waals surface area contributed by atoms with Crippen molar-refractivity contribution < 1.29 is 0 Å². The summed E-state index contributed by atoms with van der Waals surface area (Å²) >= 11 is 0. The standard InChI is InChI=1S/C12H11N/c1-2-4-10-6-7-11-5-3-8-13-12(11)9-10/h2-9H,1H3. The van der Waals surface area contributed by atoms with E-state index in [4.69, 9.17) is 0 Å². The highest BCUT2D eigenvalue weighted by molar-refractivity contribution is 5.80. The maximum Gasteiger partial charge on any atom is 0.0707 e. The molecule has 0 saturated carbocycles. The summed E-state index contributed by atoms with van der Waals surface area (Å²) in [5, 5.41) is 1.19. The van der Waals surface area contributed by atoms with E-state index < -0.39 is 0 Å². The molecule has 0 amide bonds. The SMILES string of the molecule is CC=Cc1ccc2cccnc2c1. The van der Waals surface area contributed by atoms with Crippen molar-refractivity contribution in [2.24, 2.45) is 0 Å². The molecular weight excluding hydrogens is 158 g/mol. The Morgan fingerprint density at radius 3 is 3.00 bits per heavy atom. The minimum atomic E-state index is 1.05. The maximum absolute atomic E-state index is 4.29. The summed E-state index contributed by atoms with van der Waals surface area (Å²) in [5.74, 6) is 0. The molecule has 0 radical (unpaired) electrons. The van der Waals surface area contributed by atoms with E-state index in [0.717, 1.165) is 5.52 Å². The van der Waals surface area contributed by atoms with Crippen LogP contribution in [0.1, 0.15) is 12.5 Å². The molecule has 0 aliphatic carbocycles. The lowest BCUT2D eigenvalue weighted by Gasteiger charge is -1.97. The molecule has 1 aromatic heterocycles. The summed E-state index contributed by atoms with van der Waals surface area (Å²) in [6.07, 6.45) is 5.93. The van der Waals surface area contributed by atoms with Gasteiger partial charge >= 0.3 is 0 Å². The largest absolute Gasteiger partial charge is 0.256 e. The molecule has 0 unspecified atom stereocenters. The summed E-state index contributed by atoms with van der Waals surface area (Å²) in [6.45, 7) is 2.02. The highest BCUT2D eigenvalue weighted by Gasteiger charge is 1.92. The van der Waals surface area contributed by atoms with Gasteiger partial charge in [-0.05, 0) is 24.6 Å².